The smallest absolute Gasteiger partial charge is 0.333 e. The van der Waals surface area contributed by atoms with Crippen LogP contribution in [0.5, 0.6) is 0 Å². The molecule has 1 heterocycles. The molecule has 0 saturated heterocycles. The average molecular weight is 213 g/mol. The van der Waals surface area contributed by atoms with E-state index >= 15 is 0 Å². The van der Waals surface area contributed by atoms with Crippen LogP contribution in [0.25, 0.3) is 0 Å². The summed E-state index contributed by atoms with van der Waals surface area (Å²) in [6.45, 7) is 0. The molecule has 1 aromatic rings. The van der Waals surface area contributed by atoms with Crippen LogP contribution in [0.3, 0.4) is 0 Å². The normalized spacial score (nSPS) is 17.9. The van der Waals surface area contributed by atoms with Crippen molar-refractivity contribution >= 4 is 27.4 Å². The van der Waals surface area contributed by atoms with Crippen LogP contribution in [-0.4, -0.2) is 14.4 Å². The molecular weight excluding hydrogens is 206 g/mol. The number of urea groups is 1. The van der Waals surface area contributed by atoms with Gasteiger partial charge in [-0.25, -0.2) is 17.9 Å². The number of fused-ring (bicyclic) bond motifs is 1. The second-order valence-electron chi connectivity index (χ2n) is 2.82. The van der Waals surface area contributed by atoms with Crippen molar-refractivity contribution in [3.05, 3.63) is 18.2 Å². The molecule has 2 rings (SSSR count). The lowest BCUT2D eigenvalue weighted by Crippen LogP contribution is -2.39. The minimum Gasteiger partial charge on any atom is -0.399 e. The lowest BCUT2D eigenvalue weighted by atomic mass is 10.3. The fraction of sp³-hybridized carbons (Fsp3) is 0. The second kappa shape index (κ2) is 2.61. The highest BCUT2D eigenvalue weighted by molar-refractivity contribution is 7.90. The third kappa shape index (κ3) is 1.27. The molecule has 0 radical (unpaired) electrons. The highest BCUT2D eigenvalue weighted by Gasteiger charge is 2.27. The van der Waals surface area contributed by atoms with Gasteiger partial charge in [0.25, 0.3) is 10.0 Å². The second-order valence-corrected chi connectivity index (χ2v) is 4.47. The number of nitrogen functional groups attached to an aromatic ring is 1. The first-order valence-electron chi connectivity index (χ1n) is 3.72. The molecule has 0 unspecified atom stereocenters. The van der Waals surface area contributed by atoms with Crippen molar-refractivity contribution in [2.24, 2.45) is 0 Å². The Bertz CT molecular complexity index is 509. The predicted molar refractivity (Wildman–Crippen MR) is 50.2 cm³/mol. The van der Waals surface area contributed by atoms with Crippen molar-refractivity contribution in [2.75, 3.05) is 11.1 Å². The standard InChI is InChI=1S/C7H7N3O3S/c8-4-1-2-6-5(3-4)9-7(11)10-14(6,12)13/h1-3H,8H2,(H2,9,10,11). The van der Waals surface area contributed by atoms with E-state index in [-0.39, 0.29) is 10.6 Å². The number of sulfonamides is 1. The number of benzene rings is 1. The molecule has 0 aliphatic carbocycles. The Morgan fingerprint density at radius 1 is 1.29 bits per heavy atom. The van der Waals surface area contributed by atoms with E-state index in [4.69, 9.17) is 5.73 Å². The monoisotopic (exact) mass is 213 g/mol. The van der Waals surface area contributed by atoms with Crippen molar-refractivity contribution < 1.29 is 13.2 Å². The number of carbonyl (C=O) groups excluding carboxylic acids is 1. The highest BCUT2D eigenvalue weighted by atomic mass is 32.2. The number of rotatable bonds is 0. The van der Waals surface area contributed by atoms with Gasteiger partial charge in [-0.3, -0.25) is 0 Å². The van der Waals surface area contributed by atoms with Gasteiger partial charge >= 0.3 is 6.03 Å². The molecule has 1 aliphatic heterocycles. The van der Waals surface area contributed by atoms with E-state index < -0.39 is 16.1 Å². The molecule has 6 nitrogen and oxygen atoms in total. The van der Waals surface area contributed by atoms with Crippen LogP contribution >= 0.6 is 0 Å². The van der Waals surface area contributed by atoms with Crippen LogP contribution in [-0.2, 0) is 10.0 Å². The molecule has 14 heavy (non-hydrogen) atoms. The van der Waals surface area contributed by atoms with Crippen LogP contribution in [0.1, 0.15) is 0 Å². The summed E-state index contributed by atoms with van der Waals surface area (Å²) >= 11 is 0. The fourth-order valence-corrected chi connectivity index (χ4v) is 2.26. The van der Waals surface area contributed by atoms with Gasteiger partial charge in [0, 0.05) is 5.69 Å². The molecule has 0 fully saturated rings. The molecular formula is C7H7N3O3S. The molecule has 7 heteroatoms. The summed E-state index contributed by atoms with van der Waals surface area (Å²) in [5.41, 5.74) is 6.04. The molecule has 0 aromatic heterocycles. The van der Waals surface area contributed by atoms with Crippen molar-refractivity contribution in [3.63, 3.8) is 0 Å². The van der Waals surface area contributed by atoms with E-state index in [1.54, 1.807) is 0 Å². The summed E-state index contributed by atoms with van der Waals surface area (Å²) in [5, 5.41) is 2.35. The number of anilines is 2. The Morgan fingerprint density at radius 3 is 2.71 bits per heavy atom. The van der Waals surface area contributed by atoms with Gasteiger partial charge in [-0.15, -0.1) is 0 Å². The van der Waals surface area contributed by atoms with Gasteiger partial charge in [0.15, 0.2) is 0 Å². The van der Waals surface area contributed by atoms with Crippen LogP contribution in [0.15, 0.2) is 23.1 Å². The fourth-order valence-electron chi connectivity index (χ4n) is 1.20. The van der Waals surface area contributed by atoms with Crippen molar-refractivity contribution in [1.82, 2.24) is 4.72 Å². The molecule has 74 valence electrons. The van der Waals surface area contributed by atoms with Crippen molar-refractivity contribution in [3.8, 4) is 0 Å². The summed E-state index contributed by atoms with van der Waals surface area (Å²) in [6.07, 6.45) is 0. The minimum absolute atomic E-state index is 0.0197. The SMILES string of the molecule is Nc1ccc2c(c1)NC(=O)NS2(=O)=O. The summed E-state index contributed by atoms with van der Waals surface area (Å²) in [6, 6.07) is 3.41. The number of hydrogen-bond acceptors (Lipinski definition) is 4. The first-order chi connectivity index (χ1) is 6.49. The molecule has 0 bridgehead atoms. The topological polar surface area (TPSA) is 101 Å². The molecule has 2 amide bonds. The lowest BCUT2D eigenvalue weighted by Gasteiger charge is -2.18. The average Bonchev–Trinajstić information content (AvgIpc) is 2.00. The molecule has 0 saturated carbocycles. The molecule has 1 aromatic carbocycles. The van der Waals surface area contributed by atoms with Gasteiger partial charge in [0.2, 0.25) is 0 Å². The Hall–Kier alpha value is -1.76. The number of nitrogens with two attached hydrogens (primary N) is 1. The summed E-state index contributed by atoms with van der Waals surface area (Å²) in [7, 11) is -3.73. The molecule has 4 N–H and O–H groups in total. The van der Waals surface area contributed by atoms with Gasteiger partial charge in [-0.05, 0) is 18.2 Å². The maximum Gasteiger partial charge on any atom is 0.333 e. The van der Waals surface area contributed by atoms with Gasteiger partial charge in [0.05, 0.1) is 5.69 Å². The van der Waals surface area contributed by atoms with E-state index in [0.717, 1.165) is 0 Å². The van der Waals surface area contributed by atoms with E-state index in [9.17, 15) is 13.2 Å². The lowest BCUT2D eigenvalue weighted by molar-refractivity contribution is 0.256. The Labute approximate surface area is 80.2 Å². The van der Waals surface area contributed by atoms with Crippen LogP contribution in [0.4, 0.5) is 16.2 Å². The van der Waals surface area contributed by atoms with Gasteiger partial charge < -0.3 is 11.1 Å². The molecule has 0 atom stereocenters. The maximum absolute atomic E-state index is 11.4. The van der Waals surface area contributed by atoms with E-state index in [2.05, 4.69) is 5.32 Å². The van der Waals surface area contributed by atoms with Crippen LogP contribution in [0.2, 0.25) is 0 Å². The largest absolute Gasteiger partial charge is 0.399 e. The number of nitrogens with one attached hydrogen (secondary N) is 2. The number of hydrogen-bond donors (Lipinski definition) is 3. The Balaban J connectivity index is 2.69. The first-order valence-corrected chi connectivity index (χ1v) is 5.21. The summed E-state index contributed by atoms with van der Waals surface area (Å²) in [4.78, 5) is 10.9. The van der Waals surface area contributed by atoms with E-state index in [1.807, 2.05) is 4.72 Å². The van der Waals surface area contributed by atoms with Crippen molar-refractivity contribution in [1.29, 1.82) is 0 Å². The third-order valence-corrected chi connectivity index (χ3v) is 3.16. The van der Waals surface area contributed by atoms with Crippen molar-refractivity contribution in [2.45, 2.75) is 4.90 Å². The quantitative estimate of drug-likeness (QED) is 0.531. The van der Waals surface area contributed by atoms with E-state index in [1.165, 1.54) is 18.2 Å². The van der Waals surface area contributed by atoms with Crippen LogP contribution < -0.4 is 15.8 Å². The van der Waals surface area contributed by atoms with Gasteiger partial charge in [-0.2, -0.15) is 0 Å². The number of amides is 2. The molecule has 1 aliphatic rings. The zero-order chi connectivity index (χ0) is 10.3. The van der Waals surface area contributed by atoms with E-state index in [0.29, 0.717) is 5.69 Å². The Morgan fingerprint density at radius 2 is 2.00 bits per heavy atom. The van der Waals surface area contributed by atoms with Crippen LogP contribution in [0, 0.1) is 0 Å². The highest BCUT2D eigenvalue weighted by Crippen LogP contribution is 2.26. The third-order valence-electron chi connectivity index (χ3n) is 1.77. The first kappa shape index (κ1) is 8.82. The maximum atomic E-state index is 11.4. The molecule has 0 spiro atoms. The zero-order valence-corrected chi connectivity index (χ0v) is 7.76. The minimum atomic E-state index is -3.73. The zero-order valence-electron chi connectivity index (χ0n) is 6.94. The van der Waals surface area contributed by atoms with Gasteiger partial charge in [0.1, 0.15) is 4.90 Å². The number of carbonyl (C=O) groups is 1. The summed E-state index contributed by atoms with van der Waals surface area (Å²) < 4.78 is 24.6. The Kier molecular flexibility index (Phi) is 1.65. The predicted octanol–water partition coefficient (Wildman–Crippen LogP) is 0.0926. The van der Waals surface area contributed by atoms with Gasteiger partial charge in [-0.1, -0.05) is 0 Å². The summed E-state index contributed by atoms with van der Waals surface area (Å²) in [5.74, 6) is 0.